The van der Waals surface area contributed by atoms with Gasteiger partial charge in [-0.1, -0.05) is 0 Å². The summed E-state index contributed by atoms with van der Waals surface area (Å²) in [7, 11) is 0. The van der Waals surface area contributed by atoms with Gasteiger partial charge in [0.1, 0.15) is 0 Å². The van der Waals surface area contributed by atoms with Crippen LogP contribution < -0.4 is 11.1 Å². The number of carbonyl (C=O) groups excluding carboxylic acids is 2. The van der Waals surface area contributed by atoms with Gasteiger partial charge in [0.25, 0.3) is 11.8 Å². The Morgan fingerprint density at radius 2 is 2.20 bits per heavy atom. The molecule has 0 spiro atoms. The summed E-state index contributed by atoms with van der Waals surface area (Å²) in [5, 5.41) is 2.38. The van der Waals surface area contributed by atoms with E-state index in [1.165, 1.54) is 0 Å². The van der Waals surface area contributed by atoms with Crippen LogP contribution in [0.4, 0.5) is 0 Å². The highest BCUT2D eigenvalue weighted by Crippen LogP contribution is 2.15. The van der Waals surface area contributed by atoms with E-state index < -0.39 is 17.9 Å². The average Bonchev–Trinajstić information content (AvgIpc) is 2.60. The van der Waals surface area contributed by atoms with Crippen LogP contribution in [0.1, 0.15) is 5.76 Å². The fourth-order valence-electron chi connectivity index (χ4n) is 1.07. The molecule has 0 saturated heterocycles. The lowest BCUT2D eigenvalue weighted by Gasteiger charge is -2.15. The minimum atomic E-state index is -1.23. The molecule has 1 aromatic heterocycles. The van der Waals surface area contributed by atoms with Crippen molar-refractivity contribution >= 4 is 33.6 Å². The first-order chi connectivity index (χ1) is 7.08. The zero-order valence-electron chi connectivity index (χ0n) is 7.36. The van der Waals surface area contributed by atoms with E-state index in [9.17, 15) is 9.59 Å². The van der Waals surface area contributed by atoms with Crippen LogP contribution in [-0.4, -0.2) is 23.7 Å². The van der Waals surface area contributed by atoms with Gasteiger partial charge in [-0.2, -0.15) is 4.99 Å². The van der Waals surface area contributed by atoms with Crippen LogP contribution in [0.3, 0.4) is 0 Å². The molecule has 78 valence electrons. The van der Waals surface area contributed by atoms with Gasteiger partial charge in [0.2, 0.25) is 0 Å². The van der Waals surface area contributed by atoms with Crippen LogP contribution in [0, 0.1) is 0 Å². The van der Waals surface area contributed by atoms with Crippen molar-refractivity contribution in [1.29, 1.82) is 0 Å². The highest BCUT2D eigenvalue weighted by Gasteiger charge is 2.29. The Morgan fingerprint density at radius 1 is 1.47 bits per heavy atom. The molecule has 0 aliphatic carbocycles. The number of nitrogens with zero attached hydrogens (tertiary/aromatic N) is 1. The Hall–Kier alpha value is -1.47. The third-order valence-electron chi connectivity index (χ3n) is 1.82. The second kappa shape index (κ2) is 3.59. The minimum absolute atomic E-state index is 0.0809. The molecule has 1 aliphatic rings. The number of nitrogens with two attached hydrogens (primary N) is 1. The molecule has 1 unspecified atom stereocenters. The van der Waals surface area contributed by atoms with Gasteiger partial charge in [-0.3, -0.25) is 9.59 Å². The summed E-state index contributed by atoms with van der Waals surface area (Å²) in [6.45, 7) is 0. The summed E-state index contributed by atoms with van der Waals surface area (Å²) in [5.41, 5.74) is 5.26. The summed E-state index contributed by atoms with van der Waals surface area (Å²) in [4.78, 5) is 26.0. The van der Waals surface area contributed by atoms with Gasteiger partial charge >= 0.3 is 0 Å². The van der Waals surface area contributed by atoms with Crippen molar-refractivity contribution in [1.82, 2.24) is 5.32 Å². The van der Waals surface area contributed by atoms with Gasteiger partial charge in [0.15, 0.2) is 22.3 Å². The zero-order valence-corrected chi connectivity index (χ0v) is 8.95. The lowest BCUT2D eigenvalue weighted by molar-refractivity contribution is -0.129. The number of hydrogen-bond acceptors (Lipinski definition) is 4. The second-order valence-electron chi connectivity index (χ2n) is 2.87. The van der Waals surface area contributed by atoms with Crippen LogP contribution in [0.5, 0.6) is 0 Å². The topological polar surface area (TPSA) is 97.7 Å². The van der Waals surface area contributed by atoms with Gasteiger partial charge in [0, 0.05) is 0 Å². The highest BCUT2D eigenvalue weighted by atomic mass is 79.9. The van der Waals surface area contributed by atoms with Crippen LogP contribution >= 0.6 is 15.9 Å². The Balaban J connectivity index is 2.35. The fourth-order valence-corrected chi connectivity index (χ4v) is 1.38. The molecule has 7 heteroatoms. The lowest BCUT2D eigenvalue weighted by Crippen LogP contribution is -2.52. The normalized spacial score (nSPS) is 21.2. The molecule has 2 amide bonds. The number of carbonyl (C=O) groups is 2. The molecule has 2 rings (SSSR count). The van der Waals surface area contributed by atoms with Crippen LogP contribution in [-0.2, 0) is 9.59 Å². The van der Waals surface area contributed by atoms with E-state index in [0.29, 0.717) is 10.4 Å². The predicted molar refractivity (Wildman–Crippen MR) is 54.1 cm³/mol. The molecule has 0 fully saturated rings. The molecule has 2 heterocycles. The van der Waals surface area contributed by atoms with Crippen molar-refractivity contribution in [2.45, 2.75) is 6.04 Å². The average molecular weight is 272 g/mol. The monoisotopic (exact) mass is 271 g/mol. The van der Waals surface area contributed by atoms with Crippen molar-refractivity contribution in [3.8, 4) is 0 Å². The standard InChI is InChI=1S/C8H6BrN3O3/c9-4-2-1-3(15-4)6-11-7(13)5(10)8(14)12-6/h1-2,5H,10H2,(H,11,12,13,14). The Morgan fingerprint density at radius 3 is 2.73 bits per heavy atom. The first-order valence-electron chi connectivity index (χ1n) is 4.02. The van der Waals surface area contributed by atoms with E-state index in [0.717, 1.165) is 0 Å². The van der Waals surface area contributed by atoms with E-state index >= 15 is 0 Å². The number of amidine groups is 1. The maximum Gasteiger partial charge on any atom is 0.274 e. The summed E-state index contributed by atoms with van der Waals surface area (Å²) < 4.78 is 5.62. The van der Waals surface area contributed by atoms with Gasteiger partial charge in [-0.25, -0.2) is 0 Å². The van der Waals surface area contributed by atoms with Gasteiger partial charge < -0.3 is 15.5 Å². The summed E-state index contributed by atoms with van der Waals surface area (Å²) in [6.07, 6.45) is 0. The molecular weight excluding hydrogens is 266 g/mol. The summed E-state index contributed by atoms with van der Waals surface area (Å²) >= 11 is 3.10. The largest absolute Gasteiger partial charge is 0.446 e. The molecule has 15 heavy (non-hydrogen) atoms. The molecule has 0 bridgehead atoms. The Labute approximate surface area is 92.7 Å². The van der Waals surface area contributed by atoms with Gasteiger partial charge in [0.05, 0.1) is 0 Å². The molecule has 1 atom stereocenters. The van der Waals surface area contributed by atoms with E-state index in [2.05, 4.69) is 26.2 Å². The molecule has 6 nitrogen and oxygen atoms in total. The highest BCUT2D eigenvalue weighted by molar-refractivity contribution is 9.10. The first kappa shape index (κ1) is 10.1. The van der Waals surface area contributed by atoms with Crippen LogP contribution in [0.2, 0.25) is 0 Å². The smallest absolute Gasteiger partial charge is 0.274 e. The molecular formula is C8H6BrN3O3. The van der Waals surface area contributed by atoms with E-state index in [4.69, 9.17) is 10.2 Å². The maximum atomic E-state index is 11.2. The molecule has 1 aromatic rings. The molecule has 1 aliphatic heterocycles. The third kappa shape index (κ3) is 1.83. The summed E-state index contributed by atoms with van der Waals surface area (Å²) in [5.74, 6) is -0.883. The lowest BCUT2D eigenvalue weighted by atomic mass is 10.2. The molecule has 3 N–H and O–H groups in total. The number of nitrogens with one attached hydrogen (secondary N) is 1. The van der Waals surface area contributed by atoms with Gasteiger partial charge in [-0.05, 0) is 28.1 Å². The number of furan rings is 1. The predicted octanol–water partition coefficient (Wildman–Crippen LogP) is -0.228. The van der Waals surface area contributed by atoms with E-state index in [-0.39, 0.29) is 5.84 Å². The van der Waals surface area contributed by atoms with Crippen molar-refractivity contribution in [2.24, 2.45) is 10.7 Å². The molecule has 0 saturated carbocycles. The SMILES string of the molecule is NC1C(=O)N=C(c2ccc(Br)o2)NC1=O. The minimum Gasteiger partial charge on any atom is -0.446 e. The number of hydrogen-bond donors (Lipinski definition) is 2. The molecule has 0 aromatic carbocycles. The van der Waals surface area contributed by atoms with Gasteiger partial charge in [-0.15, -0.1) is 0 Å². The quantitative estimate of drug-likeness (QED) is 0.690. The van der Waals surface area contributed by atoms with Crippen LogP contribution in [0.15, 0.2) is 26.2 Å². The van der Waals surface area contributed by atoms with Crippen molar-refractivity contribution < 1.29 is 14.0 Å². The van der Waals surface area contributed by atoms with E-state index in [1.54, 1.807) is 12.1 Å². The van der Waals surface area contributed by atoms with Crippen LogP contribution in [0.25, 0.3) is 0 Å². The first-order valence-corrected chi connectivity index (χ1v) is 4.82. The molecule has 0 radical (unpaired) electrons. The van der Waals surface area contributed by atoms with Crippen molar-refractivity contribution in [3.63, 3.8) is 0 Å². The Kier molecular flexibility index (Phi) is 2.41. The van der Waals surface area contributed by atoms with Crippen molar-refractivity contribution in [2.75, 3.05) is 0 Å². The third-order valence-corrected chi connectivity index (χ3v) is 2.24. The second-order valence-corrected chi connectivity index (χ2v) is 3.65. The number of halogens is 1. The van der Waals surface area contributed by atoms with E-state index in [1.807, 2.05) is 0 Å². The number of amides is 2. The number of aliphatic imine (C=N–C) groups is 1. The van der Waals surface area contributed by atoms with Crippen molar-refractivity contribution in [3.05, 3.63) is 22.6 Å². The summed E-state index contributed by atoms with van der Waals surface area (Å²) in [6, 6.07) is 1.98. The zero-order chi connectivity index (χ0) is 11.0. The fraction of sp³-hybridized carbons (Fsp3) is 0.125. The Bertz CT molecular complexity index is 465. The number of rotatable bonds is 1. The maximum absolute atomic E-state index is 11.2.